The van der Waals surface area contributed by atoms with E-state index in [0.29, 0.717) is 22.5 Å². The molecule has 1 aromatic carbocycles. The van der Waals surface area contributed by atoms with Gasteiger partial charge in [-0.3, -0.25) is 0 Å². The highest BCUT2D eigenvalue weighted by atomic mass is 35.5. The molecule has 0 unspecified atom stereocenters. The fourth-order valence-electron chi connectivity index (χ4n) is 1.16. The molecule has 4 nitrogen and oxygen atoms in total. The largest absolute Gasteiger partial charge is 0.437 e. The number of hydrogen-bond donors (Lipinski definition) is 1. The van der Waals surface area contributed by atoms with Crippen LogP contribution in [0.1, 0.15) is 5.56 Å². The summed E-state index contributed by atoms with van der Waals surface area (Å²) < 4.78 is 5.46. The molecule has 82 valence electrons. The van der Waals surface area contributed by atoms with Crippen LogP contribution in [0.4, 0.5) is 5.69 Å². The lowest BCUT2D eigenvalue weighted by Gasteiger charge is -2.06. The maximum atomic E-state index is 5.76. The van der Waals surface area contributed by atoms with Gasteiger partial charge >= 0.3 is 0 Å². The Labute approximate surface area is 98.0 Å². The Hall–Kier alpha value is -1.81. The summed E-state index contributed by atoms with van der Waals surface area (Å²) in [6.07, 6.45) is 0. The second-order valence-electron chi connectivity index (χ2n) is 3.31. The van der Waals surface area contributed by atoms with Crippen molar-refractivity contribution in [1.82, 2.24) is 10.2 Å². The van der Waals surface area contributed by atoms with Crippen molar-refractivity contribution in [1.29, 1.82) is 0 Å². The van der Waals surface area contributed by atoms with E-state index in [1.54, 1.807) is 18.2 Å². The summed E-state index contributed by atoms with van der Waals surface area (Å²) in [6.45, 7) is 1.93. The molecule has 0 aliphatic heterocycles. The highest BCUT2D eigenvalue weighted by Crippen LogP contribution is 2.23. The quantitative estimate of drug-likeness (QED) is 0.813. The van der Waals surface area contributed by atoms with E-state index in [4.69, 9.17) is 22.1 Å². The summed E-state index contributed by atoms with van der Waals surface area (Å²) >= 11 is 5.61. The van der Waals surface area contributed by atoms with Crippen LogP contribution in [-0.4, -0.2) is 10.2 Å². The molecule has 2 aromatic rings. The van der Waals surface area contributed by atoms with Crippen molar-refractivity contribution in [3.05, 3.63) is 41.0 Å². The Kier molecular flexibility index (Phi) is 2.92. The summed E-state index contributed by atoms with van der Waals surface area (Å²) in [4.78, 5) is 0. The average molecular weight is 236 g/mol. The van der Waals surface area contributed by atoms with Gasteiger partial charge in [-0.1, -0.05) is 17.7 Å². The number of benzene rings is 1. The Bertz CT molecular complexity index is 499. The van der Waals surface area contributed by atoms with Gasteiger partial charge in [-0.15, -0.1) is 10.2 Å². The van der Waals surface area contributed by atoms with Gasteiger partial charge in [-0.25, -0.2) is 0 Å². The predicted octanol–water partition coefficient (Wildman–Crippen LogP) is 2.81. The third-order valence-corrected chi connectivity index (χ3v) is 2.28. The summed E-state index contributed by atoms with van der Waals surface area (Å²) in [5.41, 5.74) is 7.45. The first-order valence-electron chi connectivity index (χ1n) is 4.68. The van der Waals surface area contributed by atoms with Crippen LogP contribution in [0.5, 0.6) is 11.6 Å². The predicted molar refractivity (Wildman–Crippen MR) is 62.7 cm³/mol. The molecule has 2 rings (SSSR count). The highest BCUT2D eigenvalue weighted by molar-refractivity contribution is 6.29. The van der Waals surface area contributed by atoms with Crippen molar-refractivity contribution in [3.63, 3.8) is 0 Å². The monoisotopic (exact) mass is 235 g/mol. The van der Waals surface area contributed by atoms with Crippen molar-refractivity contribution >= 4 is 17.3 Å². The molecule has 0 aliphatic carbocycles. The first kappa shape index (κ1) is 10.7. The van der Waals surface area contributed by atoms with Gasteiger partial charge < -0.3 is 10.5 Å². The minimum atomic E-state index is 0.329. The zero-order chi connectivity index (χ0) is 11.5. The SMILES string of the molecule is Cc1ccc(Oc2ccc(Cl)nn2)cc1N. The van der Waals surface area contributed by atoms with Crippen LogP contribution < -0.4 is 10.5 Å². The van der Waals surface area contributed by atoms with Gasteiger partial charge in [0, 0.05) is 17.8 Å². The lowest BCUT2D eigenvalue weighted by Crippen LogP contribution is -1.93. The smallest absolute Gasteiger partial charge is 0.238 e. The Morgan fingerprint density at radius 3 is 2.62 bits per heavy atom. The number of nitrogen functional groups attached to an aromatic ring is 1. The second kappa shape index (κ2) is 4.37. The van der Waals surface area contributed by atoms with E-state index in [0.717, 1.165) is 5.56 Å². The molecule has 0 radical (unpaired) electrons. The van der Waals surface area contributed by atoms with Crippen LogP contribution in [0, 0.1) is 6.92 Å². The number of rotatable bonds is 2. The first-order valence-corrected chi connectivity index (χ1v) is 5.06. The fraction of sp³-hybridized carbons (Fsp3) is 0.0909. The normalized spacial score (nSPS) is 10.1. The average Bonchev–Trinajstić information content (AvgIpc) is 2.27. The lowest BCUT2D eigenvalue weighted by molar-refractivity contribution is 0.455. The van der Waals surface area contributed by atoms with E-state index < -0.39 is 0 Å². The molecule has 0 saturated carbocycles. The van der Waals surface area contributed by atoms with E-state index in [9.17, 15) is 0 Å². The van der Waals surface area contributed by atoms with E-state index in [1.807, 2.05) is 19.1 Å². The molecule has 5 heteroatoms. The number of ether oxygens (including phenoxy) is 1. The van der Waals surface area contributed by atoms with E-state index >= 15 is 0 Å². The van der Waals surface area contributed by atoms with Crippen LogP contribution >= 0.6 is 11.6 Å². The van der Waals surface area contributed by atoms with Gasteiger partial charge in [-0.05, 0) is 24.6 Å². The zero-order valence-corrected chi connectivity index (χ0v) is 9.40. The van der Waals surface area contributed by atoms with Gasteiger partial charge in [0.05, 0.1) is 0 Å². The summed E-state index contributed by atoms with van der Waals surface area (Å²) in [7, 11) is 0. The number of nitrogens with zero attached hydrogens (tertiary/aromatic N) is 2. The van der Waals surface area contributed by atoms with Crippen molar-refractivity contribution in [2.24, 2.45) is 0 Å². The Morgan fingerprint density at radius 2 is 2.00 bits per heavy atom. The number of nitrogens with two attached hydrogens (primary N) is 1. The minimum Gasteiger partial charge on any atom is -0.437 e. The molecule has 0 atom stereocenters. The topological polar surface area (TPSA) is 61.0 Å². The van der Waals surface area contributed by atoms with Crippen LogP contribution in [0.15, 0.2) is 30.3 Å². The van der Waals surface area contributed by atoms with Crippen LogP contribution in [-0.2, 0) is 0 Å². The third-order valence-electron chi connectivity index (χ3n) is 2.08. The summed E-state index contributed by atoms with van der Waals surface area (Å²) in [6, 6.07) is 8.70. The third kappa shape index (κ3) is 2.41. The molecule has 2 N–H and O–H groups in total. The van der Waals surface area contributed by atoms with E-state index in [1.165, 1.54) is 0 Å². The second-order valence-corrected chi connectivity index (χ2v) is 3.70. The van der Waals surface area contributed by atoms with Gasteiger partial charge in [0.1, 0.15) is 5.75 Å². The molecule has 0 saturated heterocycles. The molecular weight excluding hydrogens is 226 g/mol. The number of aromatic nitrogens is 2. The standard InChI is InChI=1S/C11H10ClN3O/c1-7-2-3-8(6-9(7)13)16-11-5-4-10(12)14-15-11/h2-6H,13H2,1H3. The molecular formula is C11H10ClN3O. The van der Waals surface area contributed by atoms with Crippen molar-refractivity contribution in [3.8, 4) is 11.6 Å². The Balaban J connectivity index is 2.20. The van der Waals surface area contributed by atoms with Crippen LogP contribution in [0.25, 0.3) is 0 Å². The molecule has 0 bridgehead atoms. The van der Waals surface area contributed by atoms with Gasteiger partial charge in [0.2, 0.25) is 5.88 Å². The van der Waals surface area contributed by atoms with Gasteiger partial charge in [-0.2, -0.15) is 0 Å². The Morgan fingerprint density at radius 1 is 1.19 bits per heavy atom. The maximum absolute atomic E-state index is 5.76. The van der Waals surface area contributed by atoms with Crippen LogP contribution in [0.2, 0.25) is 5.15 Å². The summed E-state index contributed by atoms with van der Waals surface area (Å²) in [5, 5.41) is 7.78. The molecule has 16 heavy (non-hydrogen) atoms. The fourth-order valence-corrected chi connectivity index (χ4v) is 1.26. The highest BCUT2D eigenvalue weighted by Gasteiger charge is 2.01. The first-order chi connectivity index (χ1) is 7.65. The minimum absolute atomic E-state index is 0.329. The van der Waals surface area contributed by atoms with Gasteiger partial charge in [0.15, 0.2) is 5.15 Å². The van der Waals surface area contributed by atoms with Crippen molar-refractivity contribution < 1.29 is 4.74 Å². The molecule has 1 heterocycles. The van der Waals surface area contributed by atoms with E-state index in [-0.39, 0.29) is 0 Å². The zero-order valence-electron chi connectivity index (χ0n) is 8.64. The lowest BCUT2D eigenvalue weighted by atomic mass is 10.2. The number of hydrogen-bond acceptors (Lipinski definition) is 4. The molecule has 0 amide bonds. The molecule has 0 fully saturated rings. The molecule has 0 aliphatic rings. The molecule has 0 spiro atoms. The van der Waals surface area contributed by atoms with Gasteiger partial charge in [0.25, 0.3) is 0 Å². The maximum Gasteiger partial charge on any atom is 0.238 e. The molecule has 1 aromatic heterocycles. The van der Waals surface area contributed by atoms with Crippen LogP contribution in [0.3, 0.4) is 0 Å². The number of halogens is 1. The number of anilines is 1. The van der Waals surface area contributed by atoms with Crippen molar-refractivity contribution in [2.75, 3.05) is 5.73 Å². The summed E-state index contributed by atoms with van der Waals surface area (Å²) in [5.74, 6) is 1.01. The van der Waals surface area contributed by atoms with E-state index in [2.05, 4.69) is 10.2 Å². The van der Waals surface area contributed by atoms with Crippen molar-refractivity contribution in [2.45, 2.75) is 6.92 Å². The number of aryl methyl sites for hydroxylation is 1.